The van der Waals surface area contributed by atoms with Crippen LogP contribution in [0, 0.1) is 18.6 Å². The Morgan fingerprint density at radius 2 is 1.84 bits per heavy atom. The number of benzene rings is 2. The van der Waals surface area contributed by atoms with Crippen molar-refractivity contribution in [1.82, 2.24) is 24.8 Å². The molecular formula is C23H16F2N6O. The molecule has 0 aliphatic rings. The standard InChI is InChI=1S/C23H16F2N6O/c1-13-10-18(25)15(22-28-21(29-30-22)14-6-2-3-7-17(14)24)11-19(13)27-23(32)16-12-26-31-9-5-4-8-20(16)31/h2-12H,1H3,(H,27,32)(H,28,29,30). The summed E-state index contributed by atoms with van der Waals surface area (Å²) >= 11 is 0. The fraction of sp³-hybridized carbons (Fsp3) is 0.0435. The minimum absolute atomic E-state index is 0.0484. The normalized spacial score (nSPS) is 11.1. The van der Waals surface area contributed by atoms with Crippen LogP contribution in [0.1, 0.15) is 15.9 Å². The van der Waals surface area contributed by atoms with E-state index in [1.54, 1.807) is 41.9 Å². The zero-order chi connectivity index (χ0) is 22.2. The quantitative estimate of drug-likeness (QED) is 0.435. The van der Waals surface area contributed by atoms with Gasteiger partial charge in [-0.2, -0.15) is 10.2 Å². The van der Waals surface area contributed by atoms with E-state index in [9.17, 15) is 13.6 Å². The summed E-state index contributed by atoms with van der Waals surface area (Å²) in [4.78, 5) is 17.1. The second-order valence-corrected chi connectivity index (χ2v) is 7.18. The first kappa shape index (κ1) is 19.6. The lowest BCUT2D eigenvalue weighted by Gasteiger charge is -2.10. The maximum Gasteiger partial charge on any atom is 0.259 e. The molecule has 3 heterocycles. The highest BCUT2D eigenvalue weighted by molar-refractivity contribution is 6.09. The van der Waals surface area contributed by atoms with Crippen LogP contribution in [-0.4, -0.2) is 30.7 Å². The molecule has 5 aromatic rings. The van der Waals surface area contributed by atoms with Crippen LogP contribution in [0.3, 0.4) is 0 Å². The van der Waals surface area contributed by atoms with Crippen molar-refractivity contribution in [3.05, 3.63) is 89.8 Å². The largest absolute Gasteiger partial charge is 0.322 e. The zero-order valence-electron chi connectivity index (χ0n) is 16.8. The third-order valence-electron chi connectivity index (χ3n) is 5.09. The average molecular weight is 430 g/mol. The number of hydrogen-bond acceptors (Lipinski definition) is 4. The van der Waals surface area contributed by atoms with E-state index in [0.717, 1.165) is 0 Å². The van der Waals surface area contributed by atoms with Gasteiger partial charge in [0.2, 0.25) is 0 Å². The fourth-order valence-corrected chi connectivity index (χ4v) is 3.43. The van der Waals surface area contributed by atoms with E-state index in [2.05, 4.69) is 25.6 Å². The van der Waals surface area contributed by atoms with Crippen LogP contribution in [0.4, 0.5) is 14.5 Å². The number of carbonyl (C=O) groups excluding carboxylic acids is 1. The van der Waals surface area contributed by atoms with Gasteiger partial charge in [0.15, 0.2) is 11.6 Å². The molecule has 158 valence electrons. The van der Waals surface area contributed by atoms with Gasteiger partial charge in [0.25, 0.3) is 5.91 Å². The monoisotopic (exact) mass is 430 g/mol. The molecule has 0 unspecified atom stereocenters. The number of pyridine rings is 1. The van der Waals surface area contributed by atoms with E-state index in [0.29, 0.717) is 22.3 Å². The van der Waals surface area contributed by atoms with Crippen LogP contribution < -0.4 is 5.32 Å². The molecule has 9 heteroatoms. The van der Waals surface area contributed by atoms with E-state index in [-0.39, 0.29) is 28.7 Å². The van der Waals surface area contributed by atoms with Gasteiger partial charge in [-0.15, -0.1) is 0 Å². The Bertz CT molecular complexity index is 1470. The van der Waals surface area contributed by atoms with Crippen LogP contribution in [0.5, 0.6) is 0 Å². The van der Waals surface area contributed by atoms with E-state index in [4.69, 9.17) is 0 Å². The molecule has 0 bridgehead atoms. The van der Waals surface area contributed by atoms with E-state index < -0.39 is 11.6 Å². The maximum absolute atomic E-state index is 14.7. The molecule has 32 heavy (non-hydrogen) atoms. The number of H-pyrrole nitrogens is 1. The molecular weight excluding hydrogens is 414 g/mol. The summed E-state index contributed by atoms with van der Waals surface area (Å²) < 4.78 is 30.4. The number of halogens is 2. The van der Waals surface area contributed by atoms with Crippen LogP contribution in [-0.2, 0) is 0 Å². The molecule has 0 atom stereocenters. The number of aryl methyl sites for hydroxylation is 1. The van der Waals surface area contributed by atoms with Crippen molar-refractivity contribution < 1.29 is 13.6 Å². The molecule has 0 aliphatic carbocycles. The number of aromatic amines is 1. The van der Waals surface area contributed by atoms with Crippen LogP contribution >= 0.6 is 0 Å². The molecule has 0 radical (unpaired) electrons. The highest BCUT2D eigenvalue weighted by Crippen LogP contribution is 2.29. The number of carbonyl (C=O) groups is 1. The second-order valence-electron chi connectivity index (χ2n) is 7.18. The Morgan fingerprint density at radius 3 is 2.69 bits per heavy atom. The number of hydrogen-bond donors (Lipinski definition) is 2. The lowest BCUT2D eigenvalue weighted by Crippen LogP contribution is -2.13. The Labute approximate surface area is 180 Å². The maximum atomic E-state index is 14.7. The first-order valence-electron chi connectivity index (χ1n) is 9.73. The minimum atomic E-state index is -0.560. The van der Waals surface area contributed by atoms with E-state index >= 15 is 0 Å². The minimum Gasteiger partial charge on any atom is -0.322 e. The molecule has 2 aromatic carbocycles. The molecule has 0 spiro atoms. The summed E-state index contributed by atoms with van der Waals surface area (Å²) in [5.74, 6) is -1.19. The summed E-state index contributed by atoms with van der Waals surface area (Å²) in [5.41, 5.74) is 2.26. The van der Waals surface area contributed by atoms with Gasteiger partial charge >= 0.3 is 0 Å². The predicted octanol–water partition coefficient (Wildman–Crippen LogP) is 4.63. The number of fused-ring (bicyclic) bond motifs is 1. The van der Waals surface area contributed by atoms with Crippen molar-refractivity contribution in [3.63, 3.8) is 0 Å². The molecule has 0 aliphatic heterocycles. The summed E-state index contributed by atoms with van der Waals surface area (Å²) in [7, 11) is 0. The third-order valence-corrected chi connectivity index (χ3v) is 5.09. The van der Waals surface area contributed by atoms with E-state index in [1.807, 2.05) is 12.1 Å². The number of rotatable bonds is 4. The summed E-state index contributed by atoms with van der Waals surface area (Å²) in [5, 5.41) is 13.6. The van der Waals surface area contributed by atoms with Crippen molar-refractivity contribution >= 4 is 17.1 Å². The molecule has 0 saturated carbocycles. The molecule has 3 aromatic heterocycles. The van der Waals surface area contributed by atoms with Crippen LogP contribution in [0.15, 0.2) is 67.0 Å². The number of nitrogens with zero attached hydrogens (tertiary/aromatic N) is 4. The first-order chi connectivity index (χ1) is 15.5. The van der Waals surface area contributed by atoms with Gasteiger partial charge in [-0.1, -0.05) is 18.2 Å². The van der Waals surface area contributed by atoms with E-state index in [1.165, 1.54) is 24.4 Å². The summed E-state index contributed by atoms with van der Waals surface area (Å²) in [6.07, 6.45) is 3.21. The predicted molar refractivity (Wildman–Crippen MR) is 115 cm³/mol. The Kier molecular flexibility index (Phi) is 4.70. The lowest BCUT2D eigenvalue weighted by molar-refractivity contribution is 0.102. The van der Waals surface area contributed by atoms with Gasteiger partial charge in [0.1, 0.15) is 11.6 Å². The van der Waals surface area contributed by atoms with Gasteiger partial charge < -0.3 is 5.32 Å². The van der Waals surface area contributed by atoms with Crippen LogP contribution in [0.25, 0.3) is 28.3 Å². The fourth-order valence-electron chi connectivity index (χ4n) is 3.43. The van der Waals surface area contributed by atoms with Crippen LogP contribution in [0.2, 0.25) is 0 Å². The Balaban J connectivity index is 1.49. The lowest BCUT2D eigenvalue weighted by atomic mass is 10.1. The third kappa shape index (κ3) is 3.39. The number of aromatic nitrogens is 5. The number of amides is 1. The molecule has 7 nitrogen and oxygen atoms in total. The molecule has 0 fully saturated rings. The molecule has 1 amide bonds. The van der Waals surface area contributed by atoms with Crippen molar-refractivity contribution in [3.8, 4) is 22.8 Å². The number of nitrogens with one attached hydrogen (secondary N) is 2. The average Bonchev–Trinajstić information content (AvgIpc) is 3.43. The van der Waals surface area contributed by atoms with Crippen molar-refractivity contribution in [1.29, 1.82) is 0 Å². The Morgan fingerprint density at radius 1 is 1.03 bits per heavy atom. The van der Waals surface area contributed by atoms with Gasteiger partial charge in [0, 0.05) is 11.9 Å². The Hall–Kier alpha value is -4.40. The van der Waals surface area contributed by atoms with Gasteiger partial charge in [-0.3, -0.25) is 9.89 Å². The SMILES string of the molecule is Cc1cc(F)c(-c2n[nH]c(-c3ccccc3F)n2)cc1NC(=O)c1cnn2ccccc12. The van der Waals surface area contributed by atoms with Gasteiger partial charge in [-0.05, 0) is 48.9 Å². The second kappa shape index (κ2) is 7.69. The highest BCUT2D eigenvalue weighted by Gasteiger charge is 2.18. The first-order valence-corrected chi connectivity index (χ1v) is 9.73. The molecule has 2 N–H and O–H groups in total. The zero-order valence-corrected chi connectivity index (χ0v) is 16.8. The van der Waals surface area contributed by atoms with Gasteiger partial charge in [-0.25, -0.2) is 18.3 Å². The van der Waals surface area contributed by atoms with Crippen molar-refractivity contribution in [2.45, 2.75) is 6.92 Å². The summed E-state index contributed by atoms with van der Waals surface area (Å²) in [6, 6.07) is 14.2. The molecule has 0 saturated heterocycles. The highest BCUT2D eigenvalue weighted by atomic mass is 19.1. The topological polar surface area (TPSA) is 88.0 Å². The summed E-state index contributed by atoms with van der Waals surface area (Å²) in [6.45, 7) is 1.68. The van der Waals surface area contributed by atoms with Gasteiger partial charge in [0.05, 0.1) is 28.4 Å². The number of anilines is 1. The molecule has 5 rings (SSSR count). The van der Waals surface area contributed by atoms with Crippen molar-refractivity contribution in [2.75, 3.05) is 5.32 Å². The smallest absolute Gasteiger partial charge is 0.259 e. The van der Waals surface area contributed by atoms with Crippen molar-refractivity contribution in [2.24, 2.45) is 0 Å².